The van der Waals surface area contributed by atoms with Gasteiger partial charge in [0.2, 0.25) is 0 Å². The summed E-state index contributed by atoms with van der Waals surface area (Å²) < 4.78 is 0.796. The van der Waals surface area contributed by atoms with Crippen molar-refractivity contribution in [2.75, 3.05) is 0 Å². The normalized spacial score (nSPS) is 14.8. The summed E-state index contributed by atoms with van der Waals surface area (Å²) in [6.07, 6.45) is 3.88. The highest BCUT2D eigenvalue weighted by atomic mass is 79.9. The topological polar surface area (TPSA) is 38.7 Å². The van der Waals surface area contributed by atoms with Crippen LogP contribution < -0.4 is 0 Å². The molecule has 6 heteroatoms. The SMILES string of the molecule is Clc1ccc(-c2nc(Cl)c(Br)c(C3CC3)n2)nc1. The van der Waals surface area contributed by atoms with E-state index in [9.17, 15) is 0 Å². The quantitative estimate of drug-likeness (QED) is 0.753. The van der Waals surface area contributed by atoms with E-state index in [2.05, 4.69) is 30.9 Å². The molecule has 18 heavy (non-hydrogen) atoms. The van der Waals surface area contributed by atoms with Crippen LogP contribution >= 0.6 is 39.1 Å². The van der Waals surface area contributed by atoms with Crippen LogP contribution in [0.2, 0.25) is 10.2 Å². The lowest BCUT2D eigenvalue weighted by atomic mass is 10.2. The van der Waals surface area contributed by atoms with Crippen molar-refractivity contribution in [1.82, 2.24) is 15.0 Å². The smallest absolute Gasteiger partial charge is 0.179 e. The summed E-state index contributed by atoms with van der Waals surface area (Å²) in [5, 5.41) is 1.02. The van der Waals surface area contributed by atoms with Crippen LogP contribution in [-0.2, 0) is 0 Å². The molecular formula is C12H8BrCl2N3. The minimum absolute atomic E-state index is 0.429. The van der Waals surface area contributed by atoms with E-state index in [1.165, 1.54) is 0 Å². The van der Waals surface area contributed by atoms with E-state index in [-0.39, 0.29) is 0 Å². The van der Waals surface area contributed by atoms with E-state index in [0.717, 1.165) is 23.0 Å². The summed E-state index contributed by atoms with van der Waals surface area (Å²) in [7, 11) is 0. The largest absolute Gasteiger partial charge is 0.251 e. The van der Waals surface area contributed by atoms with Gasteiger partial charge in [-0.3, -0.25) is 4.98 Å². The molecule has 3 nitrogen and oxygen atoms in total. The Kier molecular flexibility index (Phi) is 3.26. The van der Waals surface area contributed by atoms with Gasteiger partial charge in [-0.2, -0.15) is 0 Å². The van der Waals surface area contributed by atoms with Crippen LogP contribution in [0.3, 0.4) is 0 Å². The first-order valence-corrected chi connectivity index (χ1v) is 7.05. The number of halogens is 3. The van der Waals surface area contributed by atoms with Crippen molar-refractivity contribution in [2.24, 2.45) is 0 Å². The fourth-order valence-electron chi connectivity index (χ4n) is 1.69. The molecule has 1 aliphatic carbocycles. The third kappa shape index (κ3) is 2.37. The third-order valence-electron chi connectivity index (χ3n) is 2.76. The van der Waals surface area contributed by atoms with Crippen LogP contribution in [0.15, 0.2) is 22.8 Å². The Bertz CT molecular complexity index is 597. The van der Waals surface area contributed by atoms with Crippen molar-refractivity contribution >= 4 is 39.1 Å². The number of hydrogen-bond donors (Lipinski definition) is 0. The molecule has 1 fully saturated rings. The van der Waals surface area contributed by atoms with Crippen LogP contribution in [0.1, 0.15) is 24.5 Å². The predicted octanol–water partition coefficient (Wildman–Crippen LogP) is 4.49. The number of hydrogen-bond acceptors (Lipinski definition) is 3. The van der Waals surface area contributed by atoms with Crippen molar-refractivity contribution in [3.63, 3.8) is 0 Å². The van der Waals surface area contributed by atoms with E-state index in [0.29, 0.717) is 27.6 Å². The van der Waals surface area contributed by atoms with Gasteiger partial charge < -0.3 is 0 Å². The van der Waals surface area contributed by atoms with Crippen molar-refractivity contribution in [2.45, 2.75) is 18.8 Å². The summed E-state index contributed by atoms with van der Waals surface area (Å²) in [6, 6.07) is 3.55. The van der Waals surface area contributed by atoms with Crippen molar-refractivity contribution < 1.29 is 0 Å². The molecule has 3 rings (SSSR count). The zero-order valence-electron chi connectivity index (χ0n) is 9.20. The van der Waals surface area contributed by atoms with E-state index in [4.69, 9.17) is 23.2 Å². The first-order valence-electron chi connectivity index (χ1n) is 5.50. The molecule has 1 aliphatic rings. The first kappa shape index (κ1) is 12.3. The Balaban J connectivity index is 2.09. The molecule has 0 saturated heterocycles. The van der Waals surface area contributed by atoms with Crippen molar-refractivity contribution in [1.29, 1.82) is 0 Å². The highest BCUT2D eigenvalue weighted by Crippen LogP contribution is 2.44. The lowest BCUT2D eigenvalue weighted by Gasteiger charge is -2.06. The Hall–Kier alpha value is -0.710. The maximum absolute atomic E-state index is 6.12. The third-order valence-corrected chi connectivity index (χ3v) is 4.26. The summed E-state index contributed by atoms with van der Waals surface area (Å²) in [5.41, 5.74) is 1.65. The molecule has 2 heterocycles. The van der Waals surface area contributed by atoms with Gasteiger partial charge in [-0.15, -0.1) is 0 Å². The van der Waals surface area contributed by atoms with Gasteiger partial charge >= 0.3 is 0 Å². The van der Waals surface area contributed by atoms with Gasteiger partial charge in [-0.1, -0.05) is 23.2 Å². The maximum atomic E-state index is 6.12. The molecule has 0 aliphatic heterocycles. The van der Waals surface area contributed by atoms with E-state index >= 15 is 0 Å². The molecule has 1 saturated carbocycles. The zero-order chi connectivity index (χ0) is 12.7. The van der Waals surface area contributed by atoms with E-state index in [1.807, 2.05) is 0 Å². The minimum Gasteiger partial charge on any atom is -0.251 e. The van der Waals surface area contributed by atoms with Crippen LogP contribution in [0.25, 0.3) is 11.5 Å². The van der Waals surface area contributed by atoms with Crippen molar-refractivity contribution in [3.8, 4) is 11.5 Å². The fourth-order valence-corrected chi connectivity index (χ4v) is 2.48. The van der Waals surface area contributed by atoms with E-state index < -0.39 is 0 Å². The molecule has 2 aromatic heterocycles. The number of rotatable bonds is 2. The van der Waals surface area contributed by atoms with Crippen LogP contribution in [0, 0.1) is 0 Å². The molecule has 0 radical (unpaired) electrons. The maximum Gasteiger partial charge on any atom is 0.179 e. The fraction of sp³-hybridized carbons (Fsp3) is 0.250. The second kappa shape index (κ2) is 4.76. The molecule has 0 bridgehead atoms. The standard InChI is InChI=1S/C12H8BrCl2N3/c13-9-10(6-1-2-6)17-12(18-11(9)15)8-4-3-7(14)5-16-8/h3-6H,1-2H2. The second-order valence-corrected chi connectivity index (χ2v) is 5.76. The van der Waals surface area contributed by atoms with E-state index in [1.54, 1.807) is 18.3 Å². The van der Waals surface area contributed by atoms with Gasteiger partial charge in [0.05, 0.1) is 15.2 Å². The Morgan fingerprint density at radius 2 is 1.94 bits per heavy atom. The molecule has 0 amide bonds. The summed E-state index contributed by atoms with van der Waals surface area (Å²) in [6.45, 7) is 0. The monoisotopic (exact) mass is 343 g/mol. The Morgan fingerprint density at radius 1 is 1.17 bits per heavy atom. The number of nitrogens with zero attached hydrogens (tertiary/aromatic N) is 3. The van der Waals surface area contributed by atoms with Gasteiger partial charge in [0.1, 0.15) is 10.8 Å². The Morgan fingerprint density at radius 3 is 2.56 bits per heavy atom. The van der Waals surface area contributed by atoms with Crippen LogP contribution in [0.5, 0.6) is 0 Å². The molecule has 0 unspecified atom stereocenters. The molecule has 0 aromatic carbocycles. The van der Waals surface area contributed by atoms with Gasteiger partial charge in [0, 0.05) is 12.1 Å². The molecule has 0 spiro atoms. The predicted molar refractivity (Wildman–Crippen MR) is 75.0 cm³/mol. The minimum atomic E-state index is 0.429. The number of pyridine rings is 1. The van der Waals surface area contributed by atoms with Gasteiger partial charge in [0.25, 0.3) is 0 Å². The summed E-state index contributed by atoms with van der Waals surface area (Å²) in [4.78, 5) is 13.0. The number of aromatic nitrogens is 3. The van der Waals surface area contributed by atoms with Gasteiger partial charge in [0.15, 0.2) is 5.82 Å². The van der Waals surface area contributed by atoms with Crippen LogP contribution in [0.4, 0.5) is 0 Å². The van der Waals surface area contributed by atoms with Crippen molar-refractivity contribution in [3.05, 3.63) is 38.7 Å². The second-order valence-electron chi connectivity index (χ2n) is 4.17. The Labute approximate surface area is 123 Å². The van der Waals surface area contributed by atoms with Gasteiger partial charge in [-0.05, 0) is 40.9 Å². The molecule has 0 atom stereocenters. The highest BCUT2D eigenvalue weighted by Gasteiger charge is 2.29. The molecule has 0 N–H and O–H groups in total. The molecule has 92 valence electrons. The average Bonchev–Trinajstić information content (AvgIpc) is 3.18. The summed E-state index contributed by atoms with van der Waals surface area (Å²) in [5.74, 6) is 1.03. The lowest BCUT2D eigenvalue weighted by Crippen LogP contribution is -1.98. The zero-order valence-corrected chi connectivity index (χ0v) is 12.3. The average molecular weight is 345 g/mol. The summed E-state index contributed by atoms with van der Waals surface area (Å²) >= 11 is 15.4. The highest BCUT2D eigenvalue weighted by molar-refractivity contribution is 9.10. The first-order chi connectivity index (χ1) is 8.65. The molecular weight excluding hydrogens is 337 g/mol. The van der Waals surface area contributed by atoms with Crippen LogP contribution in [-0.4, -0.2) is 15.0 Å². The lowest BCUT2D eigenvalue weighted by molar-refractivity contribution is 0.973. The molecule has 2 aromatic rings. The van der Waals surface area contributed by atoms with Gasteiger partial charge in [-0.25, -0.2) is 9.97 Å².